The van der Waals surface area contributed by atoms with Crippen molar-refractivity contribution < 1.29 is 42.5 Å². The van der Waals surface area contributed by atoms with Crippen LogP contribution in [0.15, 0.2) is 36.4 Å². The first-order valence-corrected chi connectivity index (χ1v) is 15.5. The monoisotopic (exact) mass is 650 g/mol. The highest BCUT2D eigenvalue weighted by atomic mass is 19.1. The summed E-state index contributed by atoms with van der Waals surface area (Å²) in [6, 6.07) is 7.75. The Balaban J connectivity index is 2.06. The minimum atomic E-state index is -0.809. The molecule has 47 heavy (non-hydrogen) atoms. The summed E-state index contributed by atoms with van der Waals surface area (Å²) >= 11 is 0. The Labute approximate surface area is 272 Å². The number of aromatic nitrogens is 3. The van der Waals surface area contributed by atoms with Crippen LogP contribution in [0.2, 0.25) is 0 Å². The number of likely N-dealkylation sites (tertiary alicyclic amines) is 1. The maximum absolute atomic E-state index is 13.9. The maximum atomic E-state index is 13.9. The van der Waals surface area contributed by atoms with Crippen LogP contribution in [0.25, 0.3) is 11.3 Å². The number of amides is 1. The van der Waals surface area contributed by atoms with Crippen molar-refractivity contribution in [2.45, 2.75) is 72.4 Å². The number of carbonyl (C=O) groups excluding carboxylic acids is 4. The molecule has 250 valence electrons. The van der Waals surface area contributed by atoms with Gasteiger partial charge in [-0.2, -0.15) is 0 Å². The second-order valence-corrected chi connectivity index (χ2v) is 11.7. The number of nitrogens with zero attached hydrogens (tertiary/aromatic N) is 4. The normalized spacial score (nSPS) is 14.4. The molecular weight excluding hydrogens is 611 g/mol. The lowest BCUT2D eigenvalue weighted by atomic mass is 9.90. The zero-order valence-electron chi connectivity index (χ0n) is 27.4. The number of ether oxygens (including phenoxy) is 4. The molecule has 12 nitrogen and oxygen atoms in total. The number of pyridine rings is 1. The molecule has 3 heterocycles. The van der Waals surface area contributed by atoms with E-state index in [-0.39, 0.29) is 65.7 Å². The van der Waals surface area contributed by atoms with Crippen molar-refractivity contribution in [3.8, 4) is 11.3 Å². The van der Waals surface area contributed by atoms with E-state index < -0.39 is 41.5 Å². The Morgan fingerprint density at radius 3 is 2.04 bits per heavy atom. The number of hydrogen-bond acceptors (Lipinski definition) is 11. The summed E-state index contributed by atoms with van der Waals surface area (Å²) in [5, 5.41) is 8.26. The van der Waals surface area contributed by atoms with Gasteiger partial charge >= 0.3 is 24.0 Å². The van der Waals surface area contributed by atoms with Crippen LogP contribution in [-0.2, 0) is 25.4 Å². The van der Waals surface area contributed by atoms with Crippen molar-refractivity contribution in [3.63, 3.8) is 0 Å². The third-order valence-corrected chi connectivity index (χ3v) is 7.15. The van der Waals surface area contributed by atoms with E-state index in [1.54, 1.807) is 53.7 Å². The molecular formula is C34H39FN4O8. The van der Waals surface area contributed by atoms with Gasteiger partial charge in [-0.3, -0.25) is 9.88 Å². The lowest BCUT2D eigenvalue weighted by molar-refractivity contribution is 0.0216. The molecule has 0 N–H and O–H groups in total. The Morgan fingerprint density at radius 1 is 0.851 bits per heavy atom. The summed E-state index contributed by atoms with van der Waals surface area (Å²) in [6.07, 6.45) is 0.460. The number of hydrogen-bond donors (Lipinski definition) is 0. The van der Waals surface area contributed by atoms with Crippen molar-refractivity contribution in [2.75, 3.05) is 26.4 Å². The molecule has 0 spiro atoms. The van der Waals surface area contributed by atoms with E-state index in [0.29, 0.717) is 24.9 Å². The molecule has 3 aromatic rings. The van der Waals surface area contributed by atoms with Crippen LogP contribution in [0.1, 0.15) is 109 Å². The predicted octanol–water partition coefficient (Wildman–Crippen LogP) is 5.87. The van der Waals surface area contributed by atoms with Gasteiger partial charge in [-0.1, -0.05) is 12.1 Å². The summed E-state index contributed by atoms with van der Waals surface area (Å²) in [5.74, 6) is -2.75. The molecule has 1 saturated heterocycles. The Kier molecular flexibility index (Phi) is 11.2. The smallest absolute Gasteiger partial charge is 0.410 e. The summed E-state index contributed by atoms with van der Waals surface area (Å²) in [7, 11) is 0. The number of benzene rings is 1. The second kappa shape index (κ2) is 15.1. The fraction of sp³-hybridized carbons (Fsp3) is 0.441. The predicted molar refractivity (Wildman–Crippen MR) is 167 cm³/mol. The first kappa shape index (κ1) is 34.9. The molecule has 0 aliphatic carbocycles. The van der Waals surface area contributed by atoms with Crippen molar-refractivity contribution in [3.05, 3.63) is 76.0 Å². The van der Waals surface area contributed by atoms with E-state index in [1.807, 2.05) is 0 Å². The Bertz CT molecular complexity index is 1620. The molecule has 1 atom stereocenters. The van der Waals surface area contributed by atoms with E-state index in [1.165, 1.54) is 29.2 Å². The quantitative estimate of drug-likeness (QED) is 0.192. The SMILES string of the molecule is CCOC(=O)c1ccc(-c2c(C(=O)OCC)c(Cc3ccc(F)cc3)nc([C@@H]3CCCN3C(=O)OC(C)(C)C)c2C(=O)OCC)nn1. The van der Waals surface area contributed by atoms with Crippen molar-refractivity contribution in [2.24, 2.45) is 0 Å². The molecule has 1 aliphatic rings. The van der Waals surface area contributed by atoms with Crippen molar-refractivity contribution in [1.29, 1.82) is 0 Å². The molecule has 1 amide bonds. The molecule has 2 aromatic heterocycles. The van der Waals surface area contributed by atoms with Gasteiger partial charge in [-0.15, -0.1) is 10.2 Å². The maximum Gasteiger partial charge on any atom is 0.410 e. The molecule has 1 aromatic carbocycles. The second-order valence-electron chi connectivity index (χ2n) is 11.7. The molecule has 13 heteroatoms. The Hall–Kier alpha value is -4.94. The fourth-order valence-corrected chi connectivity index (χ4v) is 5.28. The van der Waals surface area contributed by atoms with Gasteiger partial charge in [0.1, 0.15) is 11.4 Å². The van der Waals surface area contributed by atoms with Gasteiger partial charge in [-0.05, 0) is 84.2 Å². The molecule has 0 saturated carbocycles. The molecule has 4 rings (SSSR count). The van der Waals surface area contributed by atoms with Crippen molar-refractivity contribution >= 4 is 24.0 Å². The topological polar surface area (TPSA) is 147 Å². The van der Waals surface area contributed by atoms with Crippen LogP contribution in [0.4, 0.5) is 9.18 Å². The van der Waals surface area contributed by atoms with E-state index in [4.69, 9.17) is 23.9 Å². The summed E-state index contributed by atoms with van der Waals surface area (Å²) in [4.78, 5) is 59.9. The standard InChI is InChI=1S/C34H39FN4O8/c1-7-44-30(40)23-17-16-22(37-38-23)26-27(31(41)45-8-2)24(19-20-12-14-21(35)15-13-20)36-29(28(26)32(42)46-9-3)25-11-10-18-39(25)33(43)47-34(4,5)6/h12-17,25H,7-11,18-19H2,1-6H3/t25-/m0/s1. The third-order valence-electron chi connectivity index (χ3n) is 7.15. The highest BCUT2D eigenvalue weighted by molar-refractivity contribution is 6.07. The van der Waals surface area contributed by atoms with Crippen LogP contribution in [0.3, 0.4) is 0 Å². The van der Waals surface area contributed by atoms with Crippen LogP contribution in [0.5, 0.6) is 0 Å². The first-order chi connectivity index (χ1) is 22.4. The lowest BCUT2D eigenvalue weighted by Gasteiger charge is -2.30. The number of halogens is 1. The van der Waals surface area contributed by atoms with Gasteiger partial charge in [0.2, 0.25) is 0 Å². The number of carbonyl (C=O) groups is 4. The third kappa shape index (κ3) is 8.27. The van der Waals surface area contributed by atoms with E-state index in [0.717, 1.165) is 0 Å². The van der Waals surface area contributed by atoms with E-state index in [2.05, 4.69) is 10.2 Å². The highest BCUT2D eigenvalue weighted by Crippen LogP contribution is 2.40. The van der Waals surface area contributed by atoms with Gasteiger partial charge in [0, 0.05) is 18.5 Å². The molecule has 1 aliphatic heterocycles. The summed E-state index contributed by atoms with van der Waals surface area (Å²) in [6.45, 7) is 10.6. The minimum absolute atomic E-state index is 0.00228. The zero-order chi connectivity index (χ0) is 34.3. The van der Waals surface area contributed by atoms with E-state index >= 15 is 0 Å². The van der Waals surface area contributed by atoms with Crippen LogP contribution in [0, 0.1) is 5.82 Å². The van der Waals surface area contributed by atoms with Crippen molar-refractivity contribution in [1.82, 2.24) is 20.1 Å². The average Bonchev–Trinajstić information content (AvgIpc) is 3.51. The van der Waals surface area contributed by atoms with Crippen LogP contribution >= 0.6 is 0 Å². The lowest BCUT2D eigenvalue weighted by Crippen LogP contribution is -2.37. The summed E-state index contributed by atoms with van der Waals surface area (Å²) < 4.78 is 35.5. The minimum Gasteiger partial charge on any atom is -0.462 e. The molecule has 0 unspecified atom stereocenters. The van der Waals surface area contributed by atoms with E-state index in [9.17, 15) is 23.6 Å². The van der Waals surface area contributed by atoms with Gasteiger partial charge in [0.15, 0.2) is 5.69 Å². The van der Waals surface area contributed by atoms with Gasteiger partial charge in [0.25, 0.3) is 0 Å². The molecule has 0 radical (unpaired) electrons. The highest BCUT2D eigenvalue weighted by Gasteiger charge is 2.40. The Morgan fingerprint density at radius 2 is 1.47 bits per heavy atom. The van der Waals surface area contributed by atoms with Crippen LogP contribution < -0.4 is 0 Å². The molecule has 1 fully saturated rings. The number of esters is 3. The fourth-order valence-electron chi connectivity index (χ4n) is 5.28. The van der Waals surface area contributed by atoms with Crippen LogP contribution in [-0.4, -0.2) is 76.0 Å². The largest absolute Gasteiger partial charge is 0.462 e. The zero-order valence-corrected chi connectivity index (χ0v) is 27.4. The first-order valence-electron chi connectivity index (χ1n) is 15.5. The summed E-state index contributed by atoms with van der Waals surface area (Å²) in [5.41, 5.74) is -0.00563. The number of rotatable bonds is 10. The van der Waals surface area contributed by atoms with Gasteiger partial charge < -0.3 is 18.9 Å². The average molecular weight is 651 g/mol. The van der Waals surface area contributed by atoms with Gasteiger partial charge in [0.05, 0.1) is 54.1 Å². The molecule has 0 bridgehead atoms. The van der Waals surface area contributed by atoms with Gasteiger partial charge in [-0.25, -0.2) is 23.6 Å².